The predicted octanol–water partition coefficient (Wildman–Crippen LogP) is 4.02. The number of rotatable bonds is 9. The fourth-order valence-electron chi connectivity index (χ4n) is 2.91. The number of ether oxygens (including phenoxy) is 1. The zero-order valence-corrected chi connectivity index (χ0v) is 18.4. The van der Waals surface area contributed by atoms with E-state index in [1.807, 2.05) is 37.3 Å². The van der Waals surface area contributed by atoms with Gasteiger partial charge in [0.15, 0.2) is 0 Å². The number of hydrogen-bond donors (Lipinski definition) is 1. The topological polar surface area (TPSA) is 75.7 Å². The third-order valence-electron chi connectivity index (χ3n) is 4.79. The van der Waals surface area contributed by atoms with Crippen molar-refractivity contribution in [3.05, 3.63) is 90.0 Å². The third-order valence-corrected chi connectivity index (χ3v) is 6.59. The van der Waals surface area contributed by atoms with Gasteiger partial charge in [-0.3, -0.25) is 9.10 Å². The first kappa shape index (κ1) is 22.4. The second-order valence-corrected chi connectivity index (χ2v) is 9.07. The first-order valence-corrected chi connectivity index (χ1v) is 11.4. The monoisotopic (exact) mass is 438 g/mol. The van der Waals surface area contributed by atoms with E-state index < -0.39 is 10.0 Å². The normalized spacial score (nSPS) is 11.0. The molecule has 0 fully saturated rings. The highest BCUT2D eigenvalue weighted by Gasteiger charge is 2.21. The Balaban J connectivity index is 1.52. The quantitative estimate of drug-likeness (QED) is 0.512. The summed E-state index contributed by atoms with van der Waals surface area (Å²) in [7, 11) is -2.17. The molecule has 7 heteroatoms. The van der Waals surface area contributed by atoms with Gasteiger partial charge in [-0.15, -0.1) is 0 Å². The van der Waals surface area contributed by atoms with Gasteiger partial charge in [0.25, 0.3) is 15.9 Å². The number of benzene rings is 3. The van der Waals surface area contributed by atoms with Gasteiger partial charge in [-0.2, -0.15) is 0 Å². The molecule has 6 nitrogen and oxygen atoms in total. The molecule has 1 N–H and O–H groups in total. The van der Waals surface area contributed by atoms with Crippen molar-refractivity contribution in [3.8, 4) is 5.75 Å². The minimum absolute atomic E-state index is 0.213. The van der Waals surface area contributed by atoms with Crippen molar-refractivity contribution in [3.63, 3.8) is 0 Å². The second-order valence-electron chi connectivity index (χ2n) is 7.10. The molecule has 0 bridgehead atoms. The van der Waals surface area contributed by atoms with E-state index in [9.17, 15) is 13.2 Å². The van der Waals surface area contributed by atoms with Crippen LogP contribution in [0.1, 0.15) is 22.3 Å². The predicted molar refractivity (Wildman–Crippen MR) is 122 cm³/mol. The van der Waals surface area contributed by atoms with Crippen molar-refractivity contribution in [1.29, 1.82) is 0 Å². The number of hydrogen-bond acceptors (Lipinski definition) is 4. The van der Waals surface area contributed by atoms with Crippen LogP contribution in [-0.4, -0.2) is 34.5 Å². The van der Waals surface area contributed by atoms with Gasteiger partial charge in [-0.05, 0) is 61.9 Å². The average Bonchev–Trinajstić information content (AvgIpc) is 2.79. The lowest BCUT2D eigenvalue weighted by Crippen LogP contribution is -2.27. The molecule has 3 aromatic rings. The number of para-hydroxylation sites is 1. The van der Waals surface area contributed by atoms with E-state index in [1.165, 1.54) is 11.4 Å². The standard InChI is InChI=1S/C24H26N2O4S/c1-19-9-15-23(16-10-19)31(28,29)26(2)21-13-11-20(12-14-21)24(27)25-17-6-18-30-22-7-4-3-5-8-22/h3-5,7-16H,6,17-18H2,1-2H3,(H,25,27). The summed E-state index contributed by atoms with van der Waals surface area (Å²) in [6.45, 7) is 2.89. The molecule has 0 aliphatic heterocycles. The molecule has 3 rings (SSSR count). The molecule has 0 heterocycles. The first-order valence-electron chi connectivity index (χ1n) is 9.99. The van der Waals surface area contributed by atoms with E-state index >= 15 is 0 Å². The zero-order valence-electron chi connectivity index (χ0n) is 17.6. The molecule has 31 heavy (non-hydrogen) atoms. The highest BCUT2D eigenvalue weighted by molar-refractivity contribution is 7.92. The minimum atomic E-state index is -3.67. The largest absolute Gasteiger partial charge is 0.494 e. The Morgan fingerprint density at radius 2 is 1.58 bits per heavy atom. The van der Waals surface area contributed by atoms with Gasteiger partial charge >= 0.3 is 0 Å². The van der Waals surface area contributed by atoms with E-state index in [-0.39, 0.29) is 10.8 Å². The van der Waals surface area contributed by atoms with E-state index in [1.54, 1.807) is 48.5 Å². The molecule has 162 valence electrons. The molecule has 0 saturated carbocycles. The summed E-state index contributed by atoms with van der Waals surface area (Å²) in [4.78, 5) is 12.5. The number of nitrogens with zero attached hydrogens (tertiary/aromatic N) is 1. The SMILES string of the molecule is Cc1ccc(S(=O)(=O)N(C)c2ccc(C(=O)NCCCOc3ccccc3)cc2)cc1. The number of sulfonamides is 1. The number of nitrogens with one attached hydrogen (secondary N) is 1. The summed E-state index contributed by atoms with van der Waals surface area (Å²) >= 11 is 0. The molecular weight excluding hydrogens is 412 g/mol. The molecule has 0 aliphatic rings. The van der Waals surface area contributed by atoms with Crippen molar-refractivity contribution in [2.24, 2.45) is 0 Å². The van der Waals surface area contributed by atoms with Crippen LogP contribution in [-0.2, 0) is 10.0 Å². The molecule has 1 amide bonds. The Hall–Kier alpha value is -3.32. The van der Waals surface area contributed by atoms with Crippen molar-refractivity contribution in [2.75, 3.05) is 24.5 Å². The summed E-state index contributed by atoms with van der Waals surface area (Å²) in [5.41, 5.74) is 1.94. The van der Waals surface area contributed by atoms with Crippen LogP contribution >= 0.6 is 0 Å². The highest BCUT2D eigenvalue weighted by Crippen LogP contribution is 2.22. The second kappa shape index (κ2) is 10.1. The Morgan fingerprint density at radius 1 is 0.935 bits per heavy atom. The molecule has 0 radical (unpaired) electrons. The molecular formula is C24H26N2O4S. The molecule has 0 unspecified atom stereocenters. The Morgan fingerprint density at radius 3 is 2.23 bits per heavy atom. The lowest BCUT2D eigenvalue weighted by Gasteiger charge is -2.20. The molecule has 0 aliphatic carbocycles. The van der Waals surface area contributed by atoms with Crippen LogP contribution in [0.4, 0.5) is 5.69 Å². The number of carbonyl (C=O) groups excluding carboxylic acids is 1. The van der Waals surface area contributed by atoms with Crippen molar-refractivity contribution in [2.45, 2.75) is 18.2 Å². The maximum Gasteiger partial charge on any atom is 0.264 e. The van der Waals surface area contributed by atoms with Crippen LogP contribution in [0.25, 0.3) is 0 Å². The zero-order chi connectivity index (χ0) is 22.3. The molecule has 0 atom stereocenters. The number of aryl methyl sites for hydroxylation is 1. The maximum absolute atomic E-state index is 12.8. The van der Waals surface area contributed by atoms with Crippen LogP contribution in [0.2, 0.25) is 0 Å². The van der Waals surface area contributed by atoms with Gasteiger partial charge in [0.05, 0.1) is 17.2 Å². The van der Waals surface area contributed by atoms with Crippen molar-refractivity contribution in [1.82, 2.24) is 5.32 Å². The van der Waals surface area contributed by atoms with Crippen LogP contribution in [0.5, 0.6) is 5.75 Å². The minimum Gasteiger partial charge on any atom is -0.494 e. The first-order chi connectivity index (χ1) is 14.9. The van der Waals surface area contributed by atoms with Gasteiger partial charge in [-0.1, -0.05) is 35.9 Å². The van der Waals surface area contributed by atoms with Crippen LogP contribution < -0.4 is 14.4 Å². The Bertz CT molecular complexity index is 1100. The summed E-state index contributed by atoms with van der Waals surface area (Å²) in [6, 6.07) is 22.7. The fourth-order valence-corrected chi connectivity index (χ4v) is 4.11. The number of anilines is 1. The van der Waals surface area contributed by atoms with Crippen LogP contribution in [0.15, 0.2) is 83.8 Å². The lowest BCUT2D eigenvalue weighted by molar-refractivity contribution is 0.0951. The lowest BCUT2D eigenvalue weighted by atomic mass is 10.2. The molecule has 3 aromatic carbocycles. The molecule has 0 spiro atoms. The molecule has 0 saturated heterocycles. The van der Waals surface area contributed by atoms with Crippen LogP contribution in [0, 0.1) is 6.92 Å². The van der Waals surface area contributed by atoms with Gasteiger partial charge in [-0.25, -0.2) is 8.42 Å². The van der Waals surface area contributed by atoms with Crippen LogP contribution in [0.3, 0.4) is 0 Å². The fraction of sp³-hybridized carbons (Fsp3) is 0.208. The number of carbonyl (C=O) groups is 1. The summed E-state index contributed by atoms with van der Waals surface area (Å²) in [5.74, 6) is 0.587. The van der Waals surface area contributed by atoms with Gasteiger partial charge < -0.3 is 10.1 Å². The van der Waals surface area contributed by atoms with Crippen molar-refractivity contribution < 1.29 is 17.9 Å². The summed E-state index contributed by atoms with van der Waals surface area (Å²) in [5, 5.41) is 2.84. The summed E-state index contributed by atoms with van der Waals surface area (Å²) in [6.07, 6.45) is 0.677. The number of amides is 1. The van der Waals surface area contributed by atoms with E-state index in [2.05, 4.69) is 5.32 Å². The maximum atomic E-state index is 12.8. The highest BCUT2D eigenvalue weighted by atomic mass is 32.2. The average molecular weight is 439 g/mol. The van der Waals surface area contributed by atoms with Gasteiger partial charge in [0, 0.05) is 19.2 Å². The van der Waals surface area contributed by atoms with E-state index in [0.717, 1.165) is 11.3 Å². The summed E-state index contributed by atoms with van der Waals surface area (Å²) < 4.78 is 32.4. The molecule has 0 aromatic heterocycles. The van der Waals surface area contributed by atoms with E-state index in [0.29, 0.717) is 30.8 Å². The van der Waals surface area contributed by atoms with E-state index in [4.69, 9.17) is 4.74 Å². The Kier molecular flexibility index (Phi) is 7.31. The van der Waals surface area contributed by atoms with Gasteiger partial charge in [0.1, 0.15) is 5.75 Å². The Labute approximate surface area is 183 Å². The third kappa shape index (κ3) is 5.86. The van der Waals surface area contributed by atoms with Gasteiger partial charge in [0.2, 0.25) is 0 Å². The van der Waals surface area contributed by atoms with Crippen molar-refractivity contribution >= 4 is 21.6 Å². The smallest absolute Gasteiger partial charge is 0.264 e.